The van der Waals surface area contributed by atoms with Gasteiger partial charge in [-0.3, -0.25) is 0 Å². The Labute approximate surface area is 151 Å². The normalized spacial score (nSPS) is 11.3. The molecule has 0 fully saturated rings. The van der Waals surface area contributed by atoms with Crippen LogP contribution in [-0.4, -0.2) is 28.7 Å². The molecule has 0 aliphatic carbocycles. The molecule has 0 spiro atoms. The summed E-state index contributed by atoms with van der Waals surface area (Å²) < 4.78 is 38.2. The number of aryl methyl sites for hydroxylation is 1. The van der Waals surface area contributed by atoms with Gasteiger partial charge in [0.15, 0.2) is 0 Å². The average Bonchev–Trinajstić information content (AvgIpc) is 2.59. The molecular formula is C17H20BrNO4S. The molecule has 0 aromatic heterocycles. The monoisotopic (exact) mass is 413 g/mol. The number of benzene rings is 2. The molecule has 2 aromatic rings. The van der Waals surface area contributed by atoms with E-state index < -0.39 is 10.0 Å². The second-order valence-electron chi connectivity index (χ2n) is 5.04. The summed E-state index contributed by atoms with van der Waals surface area (Å²) in [4.78, 5) is 0.169. The van der Waals surface area contributed by atoms with Gasteiger partial charge in [-0.05, 0) is 58.2 Å². The number of rotatable bonds is 8. The van der Waals surface area contributed by atoms with Crippen molar-refractivity contribution in [3.63, 3.8) is 0 Å². The van der Waals surface area contributed by atoms with Crippen molar-refractivity contribution in [3.05, 3.63) is 52.5 Å². The molecule has 0 amide bonds. The van der Waals surface area contributed by atoms with E-state index in [1.165, 1.54) is 24.8 Å². The molecular weight excluding hydrogens is 394 g/mol. The average molecular weight is 414 g/mol. The van der Waals surface area contributed by atoms with Crippen molar-refractivity contribution in [2.75, 3.05) is 20.3 Å². The third kappa shape index (κ3) is 4.96. The van der Waals surface area contributed by atoms with E-state index in [0.29, 0.717) is 10.2 Å². The summed E-state index contributed by atoms with van der Waals surface area (Å²) in [5, 5.41) is 0. The Kier molecular flexibility index (Phi) is 6.65. The topological polar surface area (TPSA) is 64.6 Å². The maximum Gasteiger partial charge on any atom is 0.240 e. The lowest BCUT2D eigenvalue weighted by molar-refractivity contribution is 0.322. The second kappa shape index (κ2) is 8.50. The predicted molar refractivity (Wildman–Crippen MR) is 97.2 cm³/mol. The van der Waals surface area contributed by atoms with Crippen LogP contribution in [-0.2, 0) is 16.4 Å². The molecule has 0 aliphatic rings. The first-order chi connectivity index (χ1) is 11.5. The van der Waals surface area contributed by atoms with E-state index in [-0.39, 0.29) is 18.0 Å². The summed E-state index contributed by atoms with van der Waals surface area (Å²) >= 11 is 3.28. The van der Waals surface area contributed by atoms with Crippen molar-refractivity contribution in [3.8, 4) is 11.5 Å². The Morgan fingerprint density at radius 3 is 2.42 bits per heavy atom. The smallest absolute Gasteiger partial charge is 0.240 e. The van der Waals surface area contributed by atoms with Crippen molar-refractivity contribution < 1.29 is 17.9 Å². The van der Waals surface area contributed by atoms with E-state index in [2.05, 4.69) is 27.6 Å². The first kappa shape index (κ1) is 18.8. The van der Waals surface area contributed by atoms with Gasteiger partial charge < -0.3 is 9.47 Å². The minimum absolute atomic E-state index is 0.169. The molecule has 0 heterocycles. The fourth-order valence-corrected chi connectivity index (χ4v) is 3.80. The largest absolute Gasteiger partial charge is 0.496 e. The highest BCUT2D eigenvalue weighted by Crippen LogP contribution is 2.27. The molecule has 24 heavy (non-hydrogen) atoms. The van der Waals surface area contributed by atoms with E-state index >= 15 is 0 Å². The molecule has 2 aromatic carbocycles. The fraction of sp³-hybridized carbons (Fsp3) is 0.294. The Bertz CT molecular complexity index is 776. The number of hydrogen-bond donors (Lipinski definition) is 1. The summed E-state index contributed by atoms with van der Waals surface area (Å²) in [6.45, 7) is 2.52. The number of hydrogen-bond acceptors (Lipinski definition) is 4. The van der Waals surface area contributed by atoms with Gasteiger partial charge in [-0.25, -0.2) is 13.1 Å². The summed E-state index contributed by atoms with van der Waals surface area (Å²) in [7, 11) is -2.06. The third-order valence-electron chi connectivity index (χ3n) is 3.43. The number of sulfonamides is 1. The van der Waals surface area contributed by atoms with E-state index in [1.807, 2.05) is 24.3 Å². The number of methoxy groups -OCH3 is 1. The Hall–Kier alpha value is -1.57. The Balaban J connectivity index is 1.89. The zero-order valence-electron chi connectivity index (χ0n) is 13.6. The van der Waals surface area contributed by atoms with Gasteiger partial charge >= 0.3 is 0 Å². The predicted octanol–water partition coefficient (Wildman–Crippen LogP) is 3.38. The number of nitrogens with one attached hydrogen (secondary N) is 1. The molecule has 0 unspecified atom stereocenters. The molecule has 0 atom stereocenters. The van der Waals surface area contributed by atoms with Gasteiger partial charge in [0.05, 0.1) is 16.5 Å². The Morgan fingerprint density at radius 1 is 1.12 bits per heavy atom. The van der Waals surface area contributed by atoms with E-state index in [9.17, 15) is 8.42 Å². The number of ether oxygens (including phenoxy) is 2. The van der Waals surface area contributed by atoms with Crippen LogP contribution in [0.3, 0.4) is 0 Å². The first-order valence-electron chi connectivity index (χ1n) is 7.51. The SMILES string of the molecule is CCc1ccc(OCCNS(=O)(=O)c2ccc(OC)c(Br)c2)cc1. The van der Waals surface area contributed by atoms with Crippen LogP contribution in [0.1, 0.15) is 12.5 Å². The van der Waals surface area contributed by atoms with E-state index in [1.54, 1.807) is 6.07 Å². The Morgan fingerprint density at radius 2 is 1.83 bits per heavy atom. The highest BCUT2D eigenvalue weighted by molar-refractivity contribution is 9.10. The van der Waals surface area contributed by atoms with Gasteiger partial charge in [-0.15, -0.1) is 0 Å². The van der Waals surface area contributed by atoms with Crippen molar-refractivity contribution in [2.24, 2.45) is 0 Å². The fourth-order valence-electron chi connectivity index (χ4n) is 2.06. The standard InChI is InChI=1S/C17H20BrNO4S/c1-3-13-4-6-14(7-5-13)23-11-10-19-24(20,21)15-8-9-17(22-2)16(18)12-15/h4-9,12,19H,3,10-11H2,1-2H3. The van der Waals surface area contributed by atoms with Gasteiger partial charge in [0.1, 0.15) is 18.1 Å². The van der Waals surface area contributed by atoms with Crippen molar-refractivity contribution >= 4 is 26.0 Å². The van der Waals surface area contributed by atoms with Gasteiger partial charge in [0.25, 0.3) is 0 Å². The molecule has 0 saturated carbocycles. The van der Waals surface area contributed by atoms with Gasteiger partial charge in [0, 0.05) is 6.54 Å². The molecule has 130 valence electrons. The minimum Gasteiger partial charge on any atom is -0.496 e. The summed E-state index contributed by atoms with van der Waals surface area (Å²) in [6.07, 6.45) is 0.970. The van der Waals surface area contributed by atoms with Crippen LogP contribution >= 0.6 is 15.9 Å². The first-order valence-corrected chi connectivity index (χ1v) is 9.79. The lowest BCUT2D eigenvalue weighted by Crippen LogP contribution is -2.28. The molecule has 0 saturated heterocycles. The van der Waals surface area contributed by atoms with Crippen LogP contribution in [0.4, 0.5) is 0 Å². The quantitative estimate of drug-likeness (QED) is 0.673. The van der Waals surface area contributed by atoms with Crippen LogP contribution < -0.4 is 14.2 Å². The molecule has 0 radical (unpaired) electrons. The van der Waals surface area contributed by atoms with Crippen molar-refractivity contribution in [1.29, 1.82) is 0 Å². The van der Waals surface area contributed by atoms with Crippen LogP contribution in [0, 0.1) is 0 Å². The summed E-state index contributed by atoms with van der Waals surface area (Å²) in [5.41, 5.74) is 1.23. The lowest BCUT2D eigenvalue weighted by atomic mass is 10.2. The molecule has 5 nitrogen and oxygen atoms in total. The molecule has 0 bridgehead atoms. The molecule has 7 heteroatoms. The number of halogens is 1. The van der Waals surface area contributed by atoms with Gasteiger partial charge in [0.2, 0.25) is 10.0 Å². The van der Waals surface area contributed by atoms with Crippen LogP contribution in [0.15, 0.2) is 51.8 Å². The van der Waals surface area contributed by atoms with Crippen LogP contribution in [0.2, 0.25) is 0 Å². The van der Waals surface area contributed by atoms with Crippen LogP contribution in [0.5, 0.6) is 11.5 Å². The summed E-state index contributed by atoms with van der Waals surface area (Å²) in [6, 6.07) is 12.4. The summed E-state index contributed by atoms with van der Waals surface area (Å²) in [5.74, 6) is 1.30. The second-order valence-corrected chi connectivity index (χ2v) is 7.66. The van der Waals surface area contributed by atoms with Gasteiger partial charge in [-0.1, -0.05) is 19.1 Å². The highest BCUT2D eigenvalue weighted by atomic mass is 79.9. The molecule has 1 N–H and O–H groups in total. The highest BCUT2D eigenvalue weighted by Gasteiger charge is 2.15. The zero-order chi connectivity index (χ0) is 17.6. The molecule has 2 rings (SSSR count). The van der Waals surface area contributed by atoms with Crippen LogP contribution in [0.25, 0.3) is 0 Å². The minimum atomic E-state index is -3.59. The van der Waals surface area contributed by atoms with E-state index in [4.69, 9.17) is 9.47 Å². The van der Waals surface area contributed by atoms with Crippen molar-refractivity contribution in [1.82, 2.24) is 4.72 Å². The third-order valence-corrected chi connectivity index (χ3v) is 5.51. The maximum atomic E-state index is 12.3. The maximum absolute atomic E-state index is 12.3. The van der Waals surface area contributed by atoms with Gasteiger partial charge in [-0.2, -0.15) is 0 Å². The zero-order valence-corrected chi connectivity index (χ0v) is 16.0. The van der Waals surface area contributed by atoms with Crippen molar-refractivity contribution in [2.45, 2.75) is 18.2 Å². The van der Waals surface area contributed by atoms with E-state index in [0.717, 1.165) is 12.2 Å². The lowest BCUT2D eigenvalue weighted by Gasteiger charge is -2.10. The molecule has 0 aliphatic heterocycles.